The molecule has 1 aromatic rings. The van der Waals surface area contributed by atoms with Crippen molar-refractivity contribution in [1.29, 1.82) is 0 Å². The van der Waals surface area contributed by atoms with Crippen LogP contribution in [0.15, 0.2) is 34.3 Å². The standard InChI is InChI=1S/C12H16N4O2S/c1-9-3-5-12(6-4-9)19(17,18)16-8-11(14-15-13)7-10(16)2/h3-6,10-11H,7-8H2,1-2H3/t10-,11-/m0/s1. The van der Waals surface area contributed by atoms with Crippen LogP contribution in [0.25, 0.3) is 10.4 Å². The highest BCUT2D eigenvalue weighted by Gasteiger charge is 2.37. The lowest BCUT2D eigenvalue weighted by Gasteiger charge is -2.20. The molecule has 19 heavy (non-hydrogen) atoms. The van der Waals surface area contributed by atoms with Crippen LogP contribution in [-0.2, 0) is 10.0 Å². The van der Waals surface area contributed by atoms with Crippen LogP contribution in [-0.4, -0.2) is 31.4 Å². The van der Waals surface area contributed by atoms with Gasteiger partial charge in [0.15, 0.2) is 0 Å². The molecule has 6 nitrogen and oxygen atoms in total. The van der Waals surface area contributed by atoms with Crippen LogP contribution in [0, 0.1) is 6.92 Å². The molecule has 102 valence electrons. The van der Waals surface area contributed by atoms with Gasteiger partial charge in [0.25, 0.3) is 0 Å². The number of hydrogen-bond acceptors (Lipinski definition) is 3. The Kier molecular flexibility index (Phi) is 3.80. The molecule has 1 saturated heterocycles. The Morgan fingerprint density at radius 1 is 1.37 bits per heavy atom. The van der Waals surface area contributed by atoms with Gasteiger partial charge in [0.2, 0.25) is 10.0 Å². The lowest BCUT2D eigenvalue weighted by atomic mass is 10.2. The average molecular weight is 280 g/mol. The topological polar surface area (TPSA) is 86.1 Å². The highest BCUT2D eigenvalue weighted by atomic mass is 32.2. The molecule has 7 heteroatoms. The quantitative estimate of drug-likeness (QED) is 0.484. The first kappa shape index (κ1) is 13.9. The van der Waals surface area contributed by atoms with Gasteiger partial charge >= 0.3 is 0 Å². The first-order chi connectivity index (χ1) is 8.95. The minimum Gasteiger partial charge on any atom is -0.207 e. The van der Waals surface area contributed by atoms with Crippen molar-refractivity contribution in [3.05, 3.63) is 40.3 Å². The van der Waals surface area contributed by atoms with Crippen LogP contribution in [0.4, 0.5) is 0 Å². The van der Waals surface area contributed by atoms with Crippen molar-refractivity contribution in [2.24, 2.45) is 5.11 Å². The largest absolute Gasteiger partial charge is 0.243 e. The van der Waals surface area contributed by atoms with Gasteiger partial charge < -0.3 is 0 Å². The fourth-order valence-electron chi connectivity index (χ4n) is 2.31. The first-order valence-corrected chi connectivity index (χ1v) is 7.52. The van der Waals surface area contributed by atoms with E-state index in [0.29, 0.717) is 6.42 Å². The summed E-state index contributed by atoms with van der Waals surface area (Å²) in [7, 11) is -3.51. The van der Waals surface area contributed by atoms with Gasteiger partial charge in [-0.1, -0.05) is 22.8 Å². The van der Waals surface area contributed by atoms with E-state index in [0.717, 1.165) is 5.56 Å². The second-order valence-electron chi connectivity index (χ2n) is 4.83. The monoisotopic (exact) mass is 280 g/mol. The molecule has 0 N–H and O–H groups in total. The molecule has 0 amide bonds. The Balaban J connectivity index is 2.30. The number of hydrogen-bond donors (Lipinski definition) is 0. The normalized spacial score (nSPS) is 24.1. The summed E-state index contributed by atoms with van der Waals surface area (Å²) in [6, 6.07) is 6.34. The summed E-state index contributed by atoms with van der Waals surface area (Å²) in [5.74, 6) is 0. The number of azide groups is 1. The molecular formula is C12H16N4O2S. The summed E-state index contributed by atoms with van der Waals surface area (Å²) in [6.07, 6.45) is 0.565. The van der Waals surface area contributed by atoms with E-state index in [1.54, 1.807) is 24.3 Å². The number of benzene rings is 1. The van der Waals surface area contributed by atoms with Crippen molar-refractivity contribution < 1.29 is 8.42 Å². The Bertz CT molecular complexity index is 605. The maximum absolute atomic E-state index is 12.5. The third kappa shape index (κ3) is 2.73. The van der Waals surface area contributed by atoms with Crippen molar-refractivity contribution in [2.45, 2.75) is 37.2 Å². The highest BCUT2D eigenvalue weighted by Crippen LogP contribution is 2.27. The van der Waals surface area contributed by atoms with Gasteiger partial charge in [0.05, 0.1) is 10.9 Å². The molecule has 0 unspecified atom stereocenters. The van der Waals surface area contributed by atoms with Gasteiger partial charge in [-0.05, 0) is 37.9 Å². The fraction of sp³-hybridized carbons (Fsp3) is 0.500. The van der Waals surface area contributed by atoms with Crippen LogP contribution < -0.4 is 0 Å². The molecule has 0 radical (unpaired) electrons. The molecular weight excluding hydrogens is 264 g/mol. The van der Waals surface area contributed by atoms with Crippen LogP contribution in [0.3, 0.4) is 0 Å². The number of sulfonamides is 1. The Labute approximate surface area is 112 Å². The molecule has 2 rings (SSSR count). The molecule has 1 heterocycles. The van der Waals surface area contributed by atoms with Gasteiger partial charge in [-0.3, -0.25) is 0 Å². The summed E-state index contributed by atoms with van der Waals surface area (Å²) in [6.45, 7) is 3.99. The van der Waals surface area contributed by atoms with E-state index < -0.39 is 10.0 Å². The average Bonchev–Trinajstić information content (AvgIpc) is 2.72. The van der Waals surface area contributed by atoms with Crippen molar-refractivity contribution >= 4 is 10.0 Å². The molecule has 1 aromatic carbocycles. The zero-order chi connectivity index (χ0) is 14.0. The Hall–Kier alpha value is -1.56. The van der Waals surface area contributed by atoms with E-state index in [-0.39, 0.29) is 23.5 Å². The zero-order valence-corrected chi connectivity index (χ0v) is 11.7. The molecule has 2 atom stereocenters. The van der Waals surface area contributed by atoms with Gasteiger partial charge in [-0.25, -0.2) is 8.42 Å². The molecule has 0 bridgehead atoms. The number of rotatable bonds is 3. The number of aryl methyl sites for hydroxylation is 1. The molecule has 0 aliphatic carbocycles. The van der Waals surface area contributed by atoms with E-state index in [4.69, 9.17) is 5.53 Å². The summed E-state index contributed by atoms with van der Waals surface area (Å²) in [4.78, 5) is 3.04. The summed E-state index contributed by atoms with van der Waals surface area (Å²) >= 11 is 0. The third-order valence-electron chi connectivity index (χ3n) is 3.34. The second kappa shape index (κ2) is 5.21. The van der Waals surface area contributed by atoms with E-state index in [9.17, 15) is 8.42 Å². The van der Waals surface area contributed by atoms with Crippen molar-refractivity contribution in [3.63, 3.8) is 0 Å². The highest BCUT2D eigenvalue weighted by molar-refractivity contribution is 7.89. The van der Waals surface area contributed by atoms with Crippen LogP contribution in [0.5, 0.6) is 0 Å². The second-order valence-corrected chi connectivity index (χ2v) is 6.72. The fourth-order valence-corrected chi connectivity index (χ4v) is 3.99. The van der Waals surface area contributed by atoms with Crippen molar-refractivity contribution in [3.8, 4) is 0 Å². The van der Waals surface area contributed by atoms with E-state index in [2.05, 4.69) is 10.0 Å². The maximum Gasteiger partial charge on any atom is 0.243 e. The minimum atomic E-state index is -3.51. The van der Waals surface area contributed by atoms with E-state index in [1.807, 2.05) is 13.8 Å². The minimum absolute atomic E-state index is 0.151. The van der Waals surface area contributed by atoms with Crippen LogP contribution in [0.1, 0.15) is 18.9 Å². The molecule has 0 spiro atoms. The first-order valence-electron chi connectivity index (χ1n) is 6.08. The van der Waals surface area contributed by atoms with E-state index in [1.165, 1.54) is 4.31 Å². The predicted octanol–water partition coefficient (Wildman–Crippen LogP) is 2.46. The Morgan fingerprint density at radius 3 is 2.58 bits per heavy atom. The summed E-state index contributed by atoms with van der Waals surface area (Å²) < 4.78 is 26.4. The van der Waals surface area contributed by atoms with Gasteiger partial charge in [-0.2, -0.15) is 4.31 Å². The predicted molar refractivity (Wildman–Crippen MR) is 72.1 cm³/mol. The van der Waals surface area contributed by atoms with Crippen LogP contribution >= 0.6 is 0 Å². The van der Waals surface area contributed by atoms with Gasteiger partial charge in [-0.15, -0.1) is 0 Å². The van der Waals surface area contributed by atoms with Crippen molar-refractivity contribution in [2.75, 3.05) is 6.54 Å². The summed E-state index contributed by atoms with van der Waals surface area (Å²) in [5, 5.41) is 3.62. The number of nitrogens with zero attached hydrogens (tertiary/aromatic N) is 4. The maximum atomic E-state index is 12.5. The SMILES string of the molecule is Cc1ccc(S(=O)(=O)N2C[C@@H](N=[N+]=[N-])C[C@@H]2C)cc1. The van der Waals surface area contributed by atoms with Gasteiger partial charge in [0, 0.05) is 17.5 Å². The zero-order valence-electron chi connectivity index (χ0n) is 10.9. The van der Waals surface area contributed by atoms with Crippen molar-refractivity contribution in [1.82, 2.24) is 4.31 Å². The molecule has 1 fully saturated rings. The molecule has 1 aliphatic heterocycles. The Morgan fingerprint density at radius 2 is 2.00 bits per heavy atom. The molecule has 0 saturated carbocycles. The lowest BCUT2D eigenvalue weighted by molar-refractivity contribution is 0.407. The third-order valence-corrected chi connectivity index (χ3v) is 5.33. The molecule has 1 aliphatic rings. The van der Waals surface area contributed by atoms with E-state index >= 15 is 0 Å². The lowest BCUT2D eigenvalue weighted by Crippen LogP contribution is -2.34. The smallest absolute Gasteiger partial charge is 0.207 e. The molecule has 0 aromatic heterocycles. The van der Waals surface area contributed by atoms with Crippen LogP contribution in [0.2, 0.25) is 0 Å². The summed E-state index contributed by atoms with van der Waals surface area (Å²) in [5.41, 5.74) is 9.45. The van der Waals surface area contributed by atoms with Gasteiger partial charge in [0.1, 0.15) is 0 Å².